The van der Waals surface area contributed by atoms with Crippen LogP contribution < -0.4 is 20.1 Å². The van der Waals surface area contributed by atoms with E-state index >= 15 is 0 Å². The number of amides is 2. The summed E-state index contributed by atoms with van der Waals surface area (Å²) in [6.07, 6.45) is 0.557. The predicted octanol–water partition coefficient (Wildman–Crippen LogP) is 2.24. The first kappa shape index (κ1) is 30.2. The Labute approximate surface area is 224 Å². The normalized spacial score (nSPS) is 12.3. The lowest BCUT2D eigenvalue weighted by atomic mass is 10.0. The van der Waals surface area contributed by atoms with Crippen molar-refractivity contribution in [2.75, 3.05) is 13.7 Å². The van der Waals surface area contributed by atoms with E-state index in [-0.39, 0.29) is 23.1 Å². The zero-order valence-corrected chi connectivity index (χ0v) is 22.2. The van der Waals surface area contributed by atoms with Crippen molar-refractivity contribution in [1.82, 2.24) is 15.6 Å². The van der Waals surface area contributed by atoms with Gasteiger partial charge in [-0.15, -0.1) is 0 Å². The van der Waals surface area contributed by atoms with E-state index in [2.05, 4.69) is 15.6 Å². The lowest BCUT2D eigenvalue weighted by Crippen LogP contribution is -2.54. The molecule has 204 valence electrons. The van der Waals surface area contributed by atoms with E-state index in [0.717, 1.165) is 0 Å². The number of methoxy groups -OCH3 is 1. The molecule has 38 heavy (non-hydrogen) atoms. The molecule has 0 unspecified atom stereocenters. The summed E-state index contributed by atoms with van der Waals surface area (Å²) in [6.45, 7) is 4.21. The van der Waals surface area contributed by atoms with Crippen molar-refractivity contribution in [3.8, 4) is 11.5 Å². The van der Waals surface area contributed by atoms with Gasteiger partial charge < -0.3 is 25.2 Å². The number of rotatable bonds is 14. The highest BCUT2D eigenvalue weighted by molar-refractivity contribution is 6.30. The van der Waals surface area contributed by atoms with E-state index in [9.17, 15) is 29.1 Å². The molecule has 3 N–H and O–H groups in total. The Balaban J connectivity index is 2.12. The number of pyridine rings is 1. The molecule has 2 amide bonds. The fraction of sp³-hybridized carbons (Fsp3) is 0.385. The van der Waals surface area contributed by atoms with Crippen molar-refractivity contribution in [2.24, 2.45) is 5.92 Å². The van der Waals surface area contributed by atoms with Gasteiger partial charge in [0.15, 0.2) is 22.5 Å². The summed E-state index contributed by atoms with van der Waals surface area (Å²) in [5.74, 6) is -3.36. The lowest BCUT2D eigenvalue weighted by Gasteiger charge is -2.25. The lowest BCUT2D eigenvalue weighted by molar-refractivity contribution is -0.141. The minimum Gasteiger partial charge on any atom is -0.496 e. The molecule has 2 atom stereocenters. The van der Waals surface area contributed by atoms with E-state index in [1.807, 2.05) is 0 Å². The Morgan fingerprint density at radius 3 is 2.37 bits per heavy atom. The molecule has 1 aromatic carbocycles. The molecule has 0 saturated carbocycles. The van der Waals surface area contributed by atoms with Crippen molar-refractivity contribution in [3.63, 3.8) is 0 Å². The summed E-state index contributed by atoms with van der Waals surface area (Å²) in [4.78, 5) is 65.5. The summed E-state index contributed by atoms with van der Waals surface area (Å²) in [7, 11) is 1.43. The van der Waals surface area contributed by atoms with Crippen molar-refractivity contribution >= 4 is 41.0 Å². The number of ketones is 2. The van der Waals surface area contributed by atoms with Crippen LogP contribution in [-0.2, 0) is 25.6 Å². The molecule has 12 heteroatoms. The van der Waals surface area contributed by atoms with Crippen LogP contribution in [0.25, 0.3) is 0 Å². The van der Waals surface area contributed by atoms with Crippen LogP contribution in [0, 0.1) is 5.92 Å². The number of carboxylic acid groups (broad SMARTS) is 1. The summed E-state index contributed by atoms with van der Waals surface area (Å²) >= 11 is 5.91. The Bertz CT molecular complexity index is 1200. The van der Waals surface area contributed by atoms with Gasteiger partial charge in [0.25, 0.3) is 0 Å². The molecule has 1 aromatic heterocycles. The molecule has 0 radical (unpaired) electrons. The average molecular weight is 548 g/mol. The number of halogens is 1. The fourth-order valence-electron chi connectivity index (χ4n) is 3.48. The molecule has 2 rings (SSSR count). The summed E-state index contributed by atoms with van der Waals surface area (Å²) in [5, 5.41) is 14.3. The number of carbonyl (C=O) groups excluding carboxylic acids is 4. The molecule has 0 fully saturated rings. The van der Waals surface area contributed by atoms with E-state index in [4.69, 9.17) is 21.1 Å². The first-order valence-electron chi connectivity index (χ1n) is 11.7. The van der Waals surface area contributed by atoms with Crippen LogP contribution in [0.5, 0.6) is 11.5 Å². The number of benzene rings is 1. The van der Waals surface area contributed by atoms with E-state index < -0.39 is 54.6 Å². The number of hydrogen-bond acceptors (Lipinski definition) is 8. The molecule has 11 nitrogen and oxygen atoms in total. The first-order chi connectivity index (χ1) is 17.9. The van der Waals surface area contributed by atoms with Gasteiger partial charge in [0.05, 0.1) is 20.0 Å². The Hall–Kier alpha value is -3.99. The topological polar surface area (TPSA) is 161 Å². The highest BCUT2D eigenvalue weighted by Crippen LogP contribution is 2.22. The molecular weight excluding hydrogens is 518 g/mol. The second-order valence-electron chi connectivity index (χ2n) is 8.76. The van der Waals surface area contributed by atoms with E-state index in [0.29, 0.717) is 16.9 Å². The second kappa shape index (κ2) is 14.1. The molecule has 0 spiro atoms. The Kier molecular flexibility index (Phi) is 11.2. The van der Waals surface area contributed by atoms with Crippen LogP contribution in [0.2, 0.25) is 5.15 Å². The third-order valence-corrected chi connectivity index (χ3v) is 5.77. The average Bonchev–Trinajstić information content (AvgIpc) is 2.85. The van der Waals surface area contributed by atoms with Crippen LogP contribution in [0.3, 0.4) is 0 Å². The summed E-state index contributed by atoms with van der Waals surface area (Å²) in [5.41, 5.74) is 0.849. The van der Waals surface area contributed by atoms with Gasteiger partial charge in [-0.3, -0.25) is 24.0 Å². The van der Waals surface area contributed by atoms with Gasteiger partial charge in [-0.1, -0.05) is 25.4 Å². The number of Topliss-reactive ketones (excluding diaryl/α,β-unsaturated/α-hetero) is 2. The minimum atomic E-state index is -1.42. The number of ether oxygens (including phenoxy) is 2. The molecule has 0 aliphatic heterocycles. The number of carboxylic acids is 1. The minimum absolute atomic E-state index is 0.0205. The molecule has 0 saturated heterocycles. The number of nitrogens with zero attached hydrogens (tertiary/aromatic N) is 1. The molecule has 1 heterocycles. The first-order valence-corrected chi connectivity index (χ1v) is 12.1. The largest absolute Gasteiger partial charge is 0.496 e. The maximum Gasteiger partial charge on any atom is 0.305 e. The van der Waals surface area contributed by atoms with Crippen LogP contribution in [-0.4, -0.2) is 65.2 Å². The van der Waals surface area contributed by atoms with E-state index in [1.54, 1.807) is 38.1 Å². The van der Waals surface area contributed by atoms with Crippen LogP contribution in [0.1, 0.15) is 43.1 Å². The number of carbonyl (C=O) groups is 5. The monoisotopic (exact) mass is 547 g/mol. The highest BCUT2D eigenvalue weighted by Gasteiger charge is 2.30. The number of nitrogens with one attached hydrogen (secondary N) is 2. The SMILES string of the molecule is COc1ccc(C(C)=O)cc1CC(=O)N[C@H](C(=O)N[C@@H](CC(=O)O)C(=O)COc1cccnc1Cl)C(C)C. The smallest absolute Gasteiger partial charge is 0.305 e. The zero-order chi connectivity index (χ0) is 28.4. The molecule has 0 bridgehead atoms. The van der Waals surface area contributed by atoms with Gasteiger partial charge in [-0.05, 0) is 43.2 Å². The second-order valence-corrected chi connectivity index (χ2v) is 9.11. The van der Waals surface area contributed by atoms with Crippen molar-refractivity contribution in [2.45, 2.75) is 45.7 Å². The van der Waals surface area contributed by atoms with Gasteiger partial charge in [-0.25, -0.2) is 4.98 Å². The predicted molar refractivity (Wildman–Crippen MR) is 137 cm³/mol. The number of aromatic nitrogens is 1. The molecule has 2 aromatic rings. The van der Waals surface area contributed by atoms with Crippen molar-refractivity contribution in [1.29, 1.82) is 0 Å². The summed E-state index contributed by atoms with van der Waals surface area (Å²) < 4.78 is 10.6. The van der Waals surface area contributed by atoms with E-state index in [1.165, 1.54) is 26.3 Å². The van der Waals surface area contributed by atoms with Gasteiger partial charge >= 0.3 is 5.97 Å². The Morgan fingerprint density at radius 1 is 1.08 bits per heavy atom. The maximum atomic E-state index is 13.1. The van der Waals surface area contributed by atoms with Gasteiger partial charge in [0, 0.05) is 17.3 Å². The van der Waals surface area contributed by atoms with Crippen LogP contribution in [0.15, 0.2) is 36.5 Å². The van der Waals surface area contributed by atoms with Crippen molar-refractivity contribution in [3.05, 3.63) is 52.8 Å². The fourth-order valence-corrected chi connectivity index (χ4v) is 3.65. The third-order valence-electron chi connectivity index (χ3n) is 5.48. The van der Waals surface area contributed by atoms with Gasteiger partial charge in [-0.2, -0.15) is 0 Å². The van der Waals surface area contributed by atoms with Crippen molar-refractivity contribution < 1.29 is 38.6 Å². The molecular formula is C26H30ClN3O8. The maximum absolute atomic E-state index is 13.1. The zero-order valence-electron chi connectivity index (χ0n) is 21.4. The van der Waals surface area contributed by atoms with Gasteiger partial charge in [0.1, 0.15) is 24.4 Å². The number of aliphatic carboxylic acids is 1. The molecule has 0 aliphatic rings. The third kappa shape index (κ3) is 8.84. The Morgan fingerprint density at radius 2 is 1.79 bits per heavy atom. The van der Waals surface area contributed by atoms with Gasteiger partial charge in [0.2, 0.25) is 11.8 Å². The van der Waals surface area contributed by atoms with Crippen LogP contribution in [0.4, 0.5) is 0 Å². The van der Waals surface area contributed by atoms with Crippen LogP contribution >= 0.6 is 11.6 Å². The molecule has 0 aliphatic carbocycles. The highest BCUT2D eigenvalue weighted by atomic mass is 35.5. The standard InChI is InChI=1S/C26H30ClN3O8/c1-14(2)24(30-22(33)11-17-10-16(15(3)31)7-8-20(17)37-4)26(36)29-18(12-23(34)35)19(32)13-38-21-6-5-9-28-25(21)27/h5-10,14,18,24H,11-13H2,1-4H3,(H,29,36)(H,30,33)(H,34,35)/t18-,24-/m0/s1. The summed E-state index contributed by atoms with van der Waals surface area (Å²) in [6, 6.07) is 5.24. The number of hydrogen-bond donors (Lipinski definition) is 3. The quantitative estimate of drug-likeness (QED) is 0.238.